The maximum Gasteiger partial charge on any atom is 0.254 e. The molecule has 0 aromatic heterocycles. The number of hydrogen-bond acceptors (Lipinski definition) is 3. The lowest BCUT2D eigenvalue weighted by atomic mass is 10.0. The average Bonchev–Trinajstić information content (AvgIpc) is 2.59. The van der Waals surface area contributed by atoms with Crippen molar-refractivity contribution in [1.82, 2.24) is 4.90 Å². The number of benzene rings is 2. The fourth-order valence-corrected chi connectivity index (χ4v) is 2.32. The number of rotatable bonds is 4. The van der Waals surface area contributed by atoms with E-state index in [4.69, 9.17) is 10.00 Å². The molecule has 0 heterocycles. The summed E-state index contributed by atoms with van der Waals surface area (Å²) in [4.78, 5) is 14.3. The van der Waals surface area contributed by atoms with Crippen molar-refractivity contribution in [2.75, 3.05) is 14.2 Å². The molecule has 1 atom stereocenters. The van der Waals surface area contributed by atoms with E-state index in [-0.39, 0.29) is 11.9 Å². The molecule has 4 nitrogen and oxygen atoms in total. The highest BCUT2D eigenvalue weighted by Gasteiger charge is 2.21. The molecule has 0 spiro atoms. The van der Waals surface area contributed by atoms with E-state index < -0.39 is 0 Å². The van der Waals surface area contributed by atoms with Crippen LogP contribution >= 0.6 is 0 Å². The van der Waals surface area contributed by atoms with Crippen LogP contribution in [0.3, 0.4) is 0 Å². The Morgan fingerprint density at radius 3 is 2.64 bits per heavy atom. The molecule has 2 aromatic carbocycles. The Hall–Kier alpha value is -2.80. The number of amides is 1. The van der Waals surface area contributed by atoms with Crippen LogP contribution in [0.25, 0.3) is 0 Å². The van der Waals surface area contributed by atoms with Gasteiger partial charge in [0.1, 0.15) is 5.75 Å². The Bertz CT molecular complexity index is 719. The van der Waals surface area contributed by atoms with Gasteiger partial charge in [-0.05, 0) is 31.2 Å². The van der Waals surface area contributed by atoms with Crippen molar-refractivity contribution in [3.05, 3.63) is 65.2 Å². The van der Waals surface area contributed by atoms with Crippen molar-refractivity contribution < 1.29 is 9.53 Å². The summed E-state index contributed by atoms with van der Waals surface area (Å²) in [6.07, 6.45) is 0. The van der Waals surface area contributed by atoms with E-state index in [0.717, 1.165) is 11.3 Å². The number of methoxy groups -OCH3 is 1. The number of nitriles is 1. The second-order valence-corrected chi connectivity index (χ2v) is 5.03. The van der Waals surface area contributed by atoms with Gasteiger partial charge in [-0.3, -0.25) is 4.79 Å². The summed E-state index contributed by atoms with van der Waals surface area (Å²) in [5, 5.41) is 8.95. The van der Waals surface area contributed by atoms with Crippen LogP contribution in [-0.4, -0.2) is 25.0 Å². The van der Waals surface area contributed by atoms with Crippen LogP contribution in [0.2, 0.25) is 0 Å². The molecule has 0 aliphatic carbocycles. The summed E-state index contributed by atoms with van der Waals surface area (Å²) in [7, 11) is 3.36. The van der Waals surface area contributed by atoms with Crippen LogP contribution < -0.4 is 4.74 Å². The lowest BCUT2D eigenvalue weighted by Gasteiger charge is -2.26. The number of para-hydroxylation sites is 1. The van der Waals surface area contributed by atoms with Crippen LogP contribution in [0, 0.1) is 11.3 Å². The standard InChI is InChI=1S/C18H18N2O2/c1-13(16-9-4-5-10-17(16)22-3)20(2)18(21)15-8-6-7-14(11-15)12-19/h4-11,13H,1-3H3/t13-/m0/s1. The molecular formula is C18H18N2O2. The monoisotopic (exact) mass is 294 g/mol. The molecule has 1 amide bonds. The van der Waals surface area contributed by atoms with Gasteiger partial charge in [0.25, 0.3) is 5.91 Å². The minimum atomic E-state index is -0.144. The summed E-state index contributed by atoms with van der Waals surface area (Å²) < 4.78 is 5.36. The van der Waals surface area contributed by atoms with Crippen molar-refractivity contribution in [3.63, 3.8) is 0 Å². The van der Waals surface area contributed by atoms with Crippen LogP contribution in [-0.2, 0) is 0 Å². The normalized spacial score (nSPS) is 11.4. The Kier molecular flexibility index (Phi) is 4.80. The molecule has 0 aliphatic rings. The molecule has 0 saturated carbocycles. The summed E-state index contributed by atoms with van der Waals surface area (Å²) >= 11 is 0. The molecule has 0 bridgehead atoms. The molecule has 2 rings (SSSR count). The first-order valence-corrected chi connectivity index (χ1v) is 6.98. The first kappa shape index (κ1) is 15.6. The second-order valence-electron chi connectivity index (χ2n) is 5.03. The molecule has 0 fully saturated rings. The zero-order valence-corrected chi connectivity index (χ0v) is 12.9. The molecule has 0 aliphatic heterocycles. The summed E-state index contributed by atoms with van der Waals surface area (Å²) in [5.41, 5.74) is 1.92. The lowest BCUT2D eigenvalue weighted by molar-refractivity contribution is 0.0741. The zero-order valence-electron chi connectivity index (χ0n) is 12.9. The van der Waals surface area contributed by atoms with Gasteiger partial charge >= 0.3 is 0 Å². The van der Waals surface area contributed by atoms with Gasteiger partial charge in [0.05, 0.1) is 24.8 Å². The van der Waals surface area contributed by atoms with Crippen molar-refractivity contribution in [2.45, 2.75) is 13.0 Å². The first-order valence-electron chi connectivity index (χ1n) is 6.98. The predicted molar refractivity (Wildman–Crippen MR) is 84.7 cm³/mol. The van der Waals surface area contributed by atoms with E-state index in [1.807, 2.05) is 37.3 Å². The smallest absolute Gasteiger partial charge is 0.254 e. The van der Waals surface area contributed by atoms with Crippen LogP contribution in [0.4, 0.5) is 0 Å². The third-order valence-corrected chi connectivity index (χ3v) is 3.73. The van der Waals surface area contributed by atoms with E-state index >= 15 is 0 Å². The highest BCUT2D eigenvalue weighted by Crippen LogP contribution is 2.28. The fraction of sp³-hybridized carbons (Fsp3) is 0.222. The molecule has 4 heteroatoms. The van der Waals surface area contributed by atoms with Crippen molar-refractivity contribution >= 4 is 5.91 Å². The van der Waals surface area contributed by atoms with Gasteiger partial charge < -0.3 is 9.64 Å². The number of ether oxygens (including phenoxy) is 1. The summed E-state index contributed by atoms with van der Waals surface area (Å²) in [6, 6.07) is 16.3. The van der Waals surface area contributed by atoms with Gasteiger partial charge in [-0.1, -0.05) is 24.3 Å². The lowest BCUT2D eigenvalue weighted by Crippen LogP contribution is -2.29. The number of nitrogens with zero attached hydrogens (tertiary/aromatic N) is 2. The predicted octanol–water partition coefficient (Wildman–Crippen LogP) is 3.40. The highest BCUT2D eigenvalue weighted by atomic mass is 16.5. The summed E-state index contributed by atoms with van der Waals surface area (Å²) in [5.74, 6) is 0.621. The molecule has 112 valence electrons. The number of hydrogen-bond donors (Lipinski definition) is 0. The summed E-state index contributed by atoms with van der Waals surface area (Å²) in [6.45, 7) is 1.95. The molecule has 0 N–H and O–H groups in total. The third-order valence-electron chi connectivity index (χ3n) is 3.73. The quantitative estimate of drug-likeness (QED) is 0.868. The first-order chi connectivity index (χ1) is 10.6. The average molecular weight is 294 g/mol. The van der Waals surface area contributed by atoms with E-state index in [0.29, 0.717) is 11.1 Å². The van der Waals surface area contributed by atoms with Gasteiger partial charge in [0.15, 0.2) is 0 Å². The van der Waals surface area contributed by atoms with Gasteiger partial charge in [-0.2, -0.15) is 5.26 Å². The fourth-order valence-electron chi connectivity index (χ4n) is 2.32. The van der Waals surface area contributed by atoms with E-state index in [1.54, 1.807) is 43.3 Å². The molecule has 2 aromatic rings. The van der Waals surface area contributed by atoms with Gasteiger partial charge in [-0.15, -0.1) is 0 Å². The third kappa shape index (κ3) is 3.09. The molecule has 0 unspecified atom stereocenters. The molecule has 22 heavy (non-hydrogen) atoms. The molecular weight excluding hydrogens is 276 g/mol. The largest absolute Gasteiger partial charge is 0.496 e. The minimum absolute atomic E-state index is 0.129. The second kappa shape index (κ2) is 6.77. The van der Waals surface area contributed by atoms with E-state index in [1.165, 1.54) is 0 Å². The van der Waals surface area contributed by atoms with Gasteiger partial charge in [0, 0.05) is 18.2 Å². The Morgan fingerprint density at radius 1 is 1.23 bits per heavy atom. The minimum Gasteiger partial charge on any atom is -0.496 e. The van der Waals surface area contributed by atoms with E-state index in [9.17, 15) is 4.79 Å². The molecule has 0 radical (unpaired) electrons. The highest BCUT2D eigenvalue weighted by molar-refractivity contribution is 5.94. The van der Waals surface area contributed by atoms with Crippen molar-refractivity contribution in [2.24, 2.45) is 0 Å². The Morgan fingerprint density at radius 2 is 1.95 bits per heavy atom. The van der Waals surface area contributed by atoms with Crippen molar-refractivity contribution in [3.8, 4) is 11.8 Å². The SMILES string of the molecule is COc1ccccc1[C@H](C)N(C)C(=O)c1cccc(C#N)c1. The van der Waals surface area contributed by atoms with Crippen LogP contribution in [0.1, 0.15) is 34.5 Å². The van der Waals surface area contributed by atoms with Crippen molar-refractivity contribution in [1.29, 1.82) is 5.26 Å². The Labute approximate surface area is 130 Å². The van der Waals surface area contributed by atoms with E-state index in [2.05, 4.69) is 0 Å². The Balaban J connectivity index is 2.28. The van der Waals surface area contributed by atoms with Crippen LogP contribution in [0.5, 0.6) is 5.75 Å². The number of carbonyl (C=O) groups is 1. The maximum absolute atomic E-state index is 12.6. The maximum atomic E-state index is 12.6. The zero-order chi connectivity index (χ0) is 16.1. The topological polar surface area (TPSA) is 53.3 Å². The van der Waals surface area contributed by atoms with Gasteiger partial charge in [0.2, 0.25) is 0 Å². The number of carbonyl (C=O) groups excluding carboxylic acids is 1. The molecule has 0 saturated heterocycles. The van der Waals surface area contributed by atoms with Crippen LogP contribution in [0.15, 0.2) is 48.5 Å². The van der Waals surface area contributed by atoms with Gasteiger partial charge in [-0.25, -0.2) is 0 Å².